The highest BCUT2D eigenvalue weighted by Gasteiger charge is 2.40. The monoisotopic (exact) mass is 354 g/mol. The lowest BCUT2D eigenvalue weighted by Gasteiger charge is -2.23. The van der Waals surface area contributed by atoms with Crippen molar-refractivity contribution in [3.8, 4) is 5.75 Å². The van der Waals surface area contributed by atoms with Crippen molar-refractivity contribution < 1.29 is 9.53 Å². The van der Waals surface area contributed by atoms with Crippen molar-refractivity contribution in [3.63, 3.8) is 0 Å². The SMILES string of the molecule is COc1ccccc1Sc1ccc(C(=O)NC2CC3CC2CN3)cc1. The van der Waals surface area contributed by atoms with Gasteiger partial charge < -0.3 is 15.4 Å². The Morgan fingerprint density at radius 1 is 1.16 bits per heavy atom. The van der Waals surface area contributed by atoms with Gasteiger partial charge in [0.1, 0.15) is 5.75 Å². The van der Waals surface area contributed by atoms with Gasteiger partial charge in [0, 0.05) is 29.1 Å². The molecule has 1 aliphatic carbocycles. The van der Waals surface area contributed by atoms with Gasteiger partial charge in [-0.3, -0.25) is 4.79 Å². The van der Waals surface area contributed by atoms with E-state index in [1.165, 1.54) is 6.42 Å². The second kappa shape index (κ2) is 7.10. The maximum absolute atomic E-state index is 12.5. The van der Waals surface area contributed by atoms with Gasteiger partial charge >= 0.3 is 0 Å². The van der Waals surface area contributed by atoms with E-state index in [9.17, 15) is 4.79 Å². The van der Waals surface area contributed by atoms with Crippen LogP contribution in [0.2, 0.25) is 0 Å². The first-order valence-electron chi connectivity index (χ1n) is 8.68. The highest BCUT2D eigenvalue weighted by molar-refractivity contribution is 7.99. The minimum atomic E-state index is 0.0337. The standard InChI is InChI=1S/C20H22N2O2S/c1-24-18-4-2-3-5-19(18)25-16-8-6-13(7-9-16)20(23)22-17-11-15-10-14(17)12-21-15/h2-9,14-15,17,21H,10-12H2,1H3,(H,22,23). The second-order valence-corrected chi connectivity index (χ2v) is 7.81. The fourth-order valence-corrected chi connectivity index (χ4v) is 4.69. The number of rotatable bonds is 5. The molecule has 0 aromatic heterocycles. The Kier molecular flexibility index (Phi) is 4.68. The van der Waals surface area contributed by atoms with E-state index >= 15 is 0 Å². The average Bonchev–Trinajstić information content (AvgIpc) is 3.26. The molecule has 1 saturated carbocycles. The second-order valence-electron chi connectivity index (χ2n) is 6.69. The largest absolute Gasteiger partial charge is 0.496 e. The van der Waals surface area contributed by atoms with Crippen LogP contribution in [0.3, 0.4) is 0 Å². The molecule has 3 atom stereocenters. The topological polar surface area (TPSA) is 50.4 Å². The number of para-hydroxylation sites is 1. The van der Waals surface area contributed by atoms with Gasteiger partial charge in [-0.15, -0.1) is 0 Å². The van der Waals surface area contributed by atoms with Crippen molar-refractivity contribution in [3.05, 3.63) is 54.1 Å². The molecule has 1 amide bonds. The number of carbonyl (C=O) groups is 1. The van der Waals surface area contributed by atoms with Crippen molar-refractivity contribution >= 4 is 17.7 Å². The number of benzene rings is 2. The normalized spacial score (nSPS) is 24.3. The van der Waals surface area contributed by atoms with Crippen LogP contribution in [0.5, 0.6) is 5.75 Å². The lowest BCUT2D eigenvalue weighted by Crippen LogP contribution is -2.44. The van der Waals surface area contributed by atoms with Crippen LogP contribution in [0, 0.1) is 5.92 Å². The van der Waals surface area contributed by atoms with Crippen molar-refractivity contribution in [2.24, 2.45) is 5.92 Å². The third-order valence-electron chi connectivity index (χ3n) is 5.09. The molecule has 130 valence electrons. The Morgan fingerprint density at radius 3 is 2.64 bits per heavy atom. The molecular weight excluding hydrogens is 332 g/mol. The van der Waals surface area contributed by atoms with E-state index in [1.54, 1.807) is 18.9 Å². The average molecular weight is 354 g/mol. The first-order valence-corrected chi connectivity index (χ1v) is 9.50. The molecule has 2 bridgehead atoms. The molecule has 25 heavy (non-hydrogen) atoms. The number of amides is 1. The number of fused-ring (bicyclic) bond motifs is 2. The number of nitrogens with one attached hydrogen (secondary N) is 2. The number of piperidine rings is 1. The predicted molar refractivity (Wildman–Crippen MR) is 99.3 cm³/mol. The van der Waals surface area contributed by atoms with Gasteiger partial charge in [0.2, 0.25) is 0 Å². The summed E-state index contributed by atoms with van der Waals surface area (Å²) in [4.78, 5) is 14.6. The van der Waals surface area contributed by atoms with Crippen LogP contribution in [0.4, 0.5) is 0 Å². The molecular formula is C20H22N2O2S. The summed E-state index contributed by atoms with van der Waals surface area (Å²) in [5, 5.41) is 6.68. The maximum Gasteiger partial charge on any atom is 0.251 e. The molecule has 0 radical (unpaired) electrons. The van der Waals surface area contributed by atoms with Crippen LogP contribution in [-0.4, -0.2) is 31.6 Å². The summed E-state index contributed by atoms with van der Waals surface area (Å²) in [7, 11) is 1.68. The molecule has 2 aliphatic rings. The minimum absolute atomic E-state index is 0.0337. The van der Waals surface area contributed by atoms with Gasteiger partial charge in [-0.1, -0.05) is 23.9 Å². The van der Waals surface area contributed by atoms with Crippen LogP contribution in [0.25, 0.3) is 0 Å². The van der Waals surface area contributed by atoms with E-state index in [0.717, 1.165) is 34.1 Å². The smallest absolute Gasteiger partial charge is 0.251 e. The maximum atomic E-state index is 12.5. The lowest BCUT2D eigenvalue weighted by molar-refractivity contribution is 0.0925. The van der Waals surface area contributed by atoms with Crippen molar-refractivity contribution in [1.29, 1.82) is 0 Å². The Labute approximate surface area is 152 Å². The summed E-state index contributed by atoms with van der Waals surface area (Å²) in [6.07, 6.45) is 2.25. The Bertz CT molecular complexity index is 763. The molecule has 2 aromatic carbocycles. The minimum Gasteiger partial charge on any atom is -0.496 e. The van der Waals surface area contributed by atoms with Crippen molar-refractivity contribution in [2.75, 3.05) is 13.7 Å². The first-order chi connectivity index (χ1) is 12.2. The van der Waals surface area contributed by atoms with Crippen LogP contribution in [0.15, 0.2) is 58.3 Å². The fraction of sp³-hybridized carbons (Fsp3) is 0.350. The molecule has 1 aliphatic heterocycles. The molecule has 2 aromatic rings. The van der Waals surface area contributed by atoms with Gasteiger partial charge in [0.15, 0.2) is 0 Å². The molecule has 4 nitrogen and oxygen atoms in total. The fourth-order valence-electron chi connectivity index (χ4n) is 3.77. The van der Waals surface area contributed by atoms with Crippen molar-refractivity contribution in [1.82, 2.24) is 10.6 Å². The Morgan fingerprint density at radius 2 is 1.96 bits per heavy atom. The number of carbonyl (C=O) groups excluding carboxylic acids is 1. The zero-order chi connectivity index (χ0) is 17.2. The number of methoxy groups -OCH3 is 1. The van der Waals surface area contributed by atoms with E-state index in [4.69, 9.17) is 4.74 Å². The molecule has 2 fully saturated rings. The molecule has 2 N–H and O–H groups in total. The zero-order valence-corrected chi connectivity index (χ0v) is 15.0. The highest BCUT2D eigenvalue weighted by atomic mass is 32.2. The van der Waals surface area contributed by atoms with Crippen LogP contribution < -0.4 is 15.4 Å². The molecule has 1 heterocycles. The first kappa shape index (κ1) is 16.5. The molecule has 3 unspecified atom stereocenters. The summed E-state index contributed by atoms with van der Waals surface area (Å²) < 4.78 is 5.39. The molecule has 4 rings (SSSR count). The Balaban J connectivity index is 1.40. The van der Waals surface area contributed by atoms with Gasteiger partial charge in [0.05, 0.1) is 12.0 Å². The lowest BCUT2D eigenvalue weighted by atomic mass is 10.0. The summed E-state index contributed by atoms with van der Waals surface area (Å²) in [6, 6.07) is 16.6. The van der Waals surface area contributed by atoms with Crippen LogP contribution in [0.1, 0.15) is 23.2 Å². The van der Waals surface area contributed by atoms with E-state index in [1.807, 2.05) is 48.5 Å². The quantitative estimate of drug-likeness (QED) is 0.865. The number of hydrogen-bond acceptors (Lipinski definition) is 4. The molecule has 1 saturated heterocycles. The summed E-state index contributed by atoms with van der Waals surface area (Å²) >= 11 is 1.64. The predicted octanol–water partition coefficient (Wildman–Crippen LogP) is 3.33. The third kappa shape index (κ3) is 3.53. The van der Waals surface area contributed by atoms with E-state index in [-0.39, 0.29) is 5.91 Å². The Hall–Kier alpha value is -1.98. The van der Waals surface area contributed by atoms with Gasteiger partial charge in [-0.25, -0.2) is 0 Å². The third-order valence-corrected chi connectivity index (χ3v) is 6.16. The van der Waals surface area contributed by atoms with Crippen LogP contribution >= 0.6 is 11.8 Å². The molecule has 5 heteroatoms. The number of ether oxygens (including phenoxy) is 1. The van der Waals surface area contributed by atoms with Gasteiger partial charge in [0.25, 0.3) is 5.91 Å². The number of hydrogen-bond donors (Lipinski definition) is 2. The van der Waals surface area contributed by atoms with E-state index in [2.05, 4.69) is 10.6 Å². The van der Waals surface area contributed by atoms with E-state index < -0.39 is 0 Å². The van der Waals surface area contributed by atoms with Crippen LogP contribution in [-0.2, 0) is 0 Å². The van der Waals surface area contributed by atoms with Gasteiger partial charge in [-0.2, -0.15) is 0 Å². The van der Waals surface area contributed by atoms with E-state index in [0.29, 0.717) is 18.0 Å². The summed E-state index contributed by atoms with van der Waals surface area (Å²) in [5.74, 6) is 1.49. The van der Waals surface area contributed by atoms with Gasteiger partial charge in [-0.05, 0) is 55.2 Å². The summed E-state index contributed by atoms with van der Waals surface area (Å²) in [5.41, 5.74) is 0.722. The zero-order valence-electron chi connectivity index (χ0n) is 14.2. The molecule has 0 spiro atoms. The highest BCUT2D eigenvalue weighted by Crippen LogP contribution is 2.35. The van der Waals surface area contributed by atoms with Crippen molar-refractivity contribution in [2.45, 2.75) is 34.7 Å². The summed E-state index contributed by atoms with van der Waals surface area (Å²) in [6.45, 7) is 1.03.